The molecule has 0 atom stereocenters. The van der Waals surface area contributed by atoms with Gasteiger partial charge in [-0.05, 0) is 28.8 Å². The number of hydrogen-bond acceptors (Lipinski definition) is 5. The molecule has 2 aromatic carbocycles. The first-order valence-corrected chi connectivity index (χ1v) is 11.3. The number of rotatable bonds is 10. The summed E-state index contributed by atoms with van der Waals surface area (Å²) in [5, 5.41) is 16.6. The van der Waals surface area contributed by atoms with Crippen LogP contribution >= 0.6 is 0 Å². The summed E-state index contributed by atoms with van der Waals surface area (Å²) in [6.07, 6.45) is 3.41. The van der Waals surface area contributed by atoms with Crippen molar-refractivity contribution in [2.75, 3.05) is 7.11 Å². The van der Waals surface area contributed by atoms with Crippen molar-refractivity contribution in [3.05, 3.63) is 123 Å². The van der Waals surface area contributed by atoms with Crippen LogP contribution in [0.5, 0.6) is 0 Å². The van der Waals surface area contributed by atoms with E-state index in [1.54, 1.807) is 45.9 Å². The molecule has 1 amide bonds. The van der Waals surface area contributed by atoms with Crippen molar-refractivity contribution in [1.29, 1.82) is 0 Å². The van der Waals surface area contributed by atoms with Crippen LogP contribution < -0.4 is 10.9 Å². The van der Waals surface area contributed by atoms with Gasteiger partial charge in [-0.1, -0.05) is 48.5 Å². The van der Waals surface area contributed by atoms with Gasteiger partial charge in [0, 0.05) is 32.1 Å². The van der Waals surface area contributed by atoms with Gasteiger partial charge in [0.2, 0.25) is 0 Å². The third-order valence-electron chi connectivity index (χ3n) is 5.67. The second-order valence-corrected chi connectivity index (χ2v) is 8.25. The number of methoxy groups -OCH3 is 1. The van der Waals surface area contributed by atoms with Crippen LogP contribution in [0.3, 0.4) is 0 Å². The normalized spacial score (nSPS) is 10.8. The lowest BCUT2D eigenvalue weighted by molar-refractivity contribution is 0.0694. The molecule has 0 saturated heterocycles. The molecule has 0 aliphatic heterocycles. The van der Waals surface area contributed by atoms with Gasteiger partial charge in [-0.15, -0.1) is 0 Å². The average Bonchev–Trinajstić information content (AvgIpc) is 3.27. The SMILES string of the molecule is COCc1nn(Cc2ccc(Cn3ccccc3=O)cc2)cc1C(=O)NCc1ccccc1C(=O)O. The molecule has 0 saturated carbocycles. The molecule has 0 radical (unpaired) electrons. The summed E-state index contributed by atoms with van der Waals surface area (Å²) in [6.45, 7) is 1.16. The van der Waals surface area contributed by atoms with Gasteiger partial charge in [-0.2, -0.15) is 5.10 Å². The highest BCUT2D eigenvalue weighted by Gasteiger charge is 2.18. The Morgan fingerprint density at radius 2 is 1.64 bits per heavy atom. The predicted octanol–water partition coefficient (Wildman–Crippen LogP) is 2.92. The van der Waals surface area contributed by atoms with E-state index in [2.05, 4.69) is 10.4 Å². The number of pyridine rings is 1. The molecule has 9 heteroatoms. The van der Waals surface area contributed by atoms with Gasteiger partial charge in [0.15, 0.2) is 0 Å². The number of amides is 1. The lowest BCUT2D eigenvalue weighted by atomic mass is 10.1. The van der Waals surface area contributed by atoms with E-state index >= 15 is 0 Å². The zero-order chi connectivity index (χ0) is 25.5. The summed E-state index contributed by atoms with van der Waals surface area (Å²) in [7, 11) is 1.53. The Hall–Kier alpha value is -4.50. The van der Waals surface area contributed by atoms with Crippen molar-refractivity contribution in [3.63, 3.8) is 0 Å². The Bertz CT molecular complexity index is 1420. The second kappa shape index (κ2) is 11.3. The standard InChI is InChI=1S/C27H26N4O5/c1-36-18-24-23(26(33)28-14-21-6-2-3-7-22(21)27(34)35)17-31(29-24)16-20-11-9-19(10-12-20)15-30-13-5-4-8-25(30)32/h2-13,17H,14-16,18H2,1H3,(H,28,33)(H,34,35). The third-order valence-corrected chi connectivity index (χ3v) is 5.67. The van der Waals surface area contributed by atoms with Crippen molar-refractivity contribution in [2.24, 2.45) is 0 Å². The van der Waals surface area contributed by atoms with Crippen molar-refractivity contribution >= 4 is 11.9 Å². The molecule has 36 heavy (non-hydrogen) atoms. The summed E-state index contributed by atoms with van der Waals surface area (Å²) in [5.74, 6) is -1.41. The molecule has 4 rings (SSSR count). The summed E-state index contributed by atoms with van der Waals surface area (Å²) < 4.78 is 8.53. The van der Waals surface area contributed by atoms with Gasteiger partial charge < -0.3 is 19.7 Å². The summed E-state index contributed by atoms with van der Waals surface area (Å²) in [5.41, 5.74) is 3.43. The van der Waals surface area contributed by atoms with Crippen LogP contribution in [-0.4, -0.2) is 38.4 Å². The molecule has 0 aliphatic carbocycles. The van der Waals surface area contributed by atoms with Crippen molar-refractivity contribution < 1.29 is 19.4 Å². The second-order valence-electron chi connectivity index (χ2n) is 8.25. The topological polar surface area (TPSA) is 115 Å². The van der Waals surface area contributed by atoms with Gasteiger partial charge in [0.1, 0.15) is 5.69 Å². The fourth-order valence-corrected chi connectivity index (χ4v) is 3.85. The highest BCUT2D eigenvalue weighted by Crippen LogP contribution is 2.14. The van der Waals surface area contributed by atoms with Crippen molar-refractivity contribution in [2.45, 2.75) is 26.2 Å². The number of carbonyl (C=O) groups excluding carboxylic acids is 1. The molecule has 0 aliphatic rings. The summed E-state index contributed by atoms with van der Waals surface area (Å²) in [6, 6.07) is 19.5. The Balaban J connectivity index is 1.45. The van der Waals surface area contributed by atoms with Crippen molar-refractivity contribution in [3.8, 4) is 0 Å². The zero-order valence-electron chi connectivity index (χ0n) is 19.8. The minimum Gasteiger partial charge on any atom is -0.478 e. The number of benzene rings is 2. The number of aromatic carboxylic acids is 1. The molecular formula is C27H26N4O5. The highest BCUT2D eigenvalue weighted by atomic mass is 16.5. The monoisotopic (exact) mass is 486 g/mol. The number of carboxylic acids is 1. The van der Waals surface area contributed by atoms with E-state index in [9.17, 15) is 19.5 Å². The molecule has 4 aromatic rings. The maximum absolute atomic E-state index is 12.9. The molecule has 0 unspecified atom stereocenters. The van der Waals surface area contributed by atoms with E-state index < -0.39 is 5.97 Å². The lowest BCUT2D eigenvalue weighted by Crippen LogP contribution is -2.24. The average molecular weight is 487 g/mol. The number of ether oxygens (including phenoxy) is 1. The fourth-order valence-electron chi connectivity index (χ4n) is 3.85. The third kappa shape index (κ3) is 5.94. The van der Waals surface area contributed by atoms with Crippen LogP contribution in [0.15, 0.2) is 83.9 Å². The van der Waals surface area contributed by atoms with E-state index in [0.717, 1.165) is 11.1 Å². The van der Waals surface area contributed by atoms with Gasteiger partial charge in [0.25, 0.3) is 11.5 Å². The van der Waals surface area contributed by atoms with E-state index in [4.69, 9.17) is 4.74 Å². The van der Waals surface area contributed by atoms with Crippen LogP contribution in [0, 0.1) is 0 Å². The first-order valence-electron chi connectivity index (χ1n) is 11.3. The molecule has 0 fully saturated rings. The molecular weight excluding hydrogens is 460 g/mol. The van der Waals surface area contributed by atoms with Crippen LogP contribution in [0.4, 0.5) is 0 Å². The van der Waals surface area contributed by atoms with E-state index in [-0.39, 0.29) is 30.2 Å². The first kappa shape index (κ1) is 24.6. The number of hydrogen-bond donors (Lipinski definition) is 2. The maximum atomic E-state index is 12.9. The molecule has 2 N–H and O–H groups in total. The minimum absolute atomic E-state index is 0.0546. The number of nitrogens with one attached hydrogen (secondary N) is 1. The molecule has 0 spiro atoms. The quantitative estimate of drug-likeness (QED) is 0.356. The number of aromatic nitrogens is 3. The number of carboxylic acid groups (broad SMARTS) is 1. The highest BCUT2D eigenvalue weighted by molar-refractivity contribution is 5.95. The van der Waals surface area contributed by atoms with Crippen LogP contribution in [0.1, 0.15) is 43.1 Å². The molecule has 9 nitrogen and oxygen atoms in total. The predicted molar refractivity (Wildman–Crippen MR) is 133 cm³/mol. The van der Waals surface area contributed by atoms with Crippen LogP contribution in [0.2, 0.25) is 0 Å². The first-order chi connectivity index (χ1) is 17.4. The Kier molecular flexibility index (Phi) is 7.72. The molecule has 2 aromatic heterocycles. The van der Waals surface area contributed by atoms with Gasteiger partial charge in [-0.25, -0.2) is 4.79 Å². The van der Waals surface area contributed by atoms with E-state index in [1.165, 1.54) is 19.2 Å². The van der Waals surface area contributed by atoms with Crippen molar-refractivity contribution in [1.82, 2.24) is 19.7 Å². The number of carbonyl (C=O) groups is 2. The van der Waals surface area contributed by atoms with Gasteiger partial charge >= 0.3 is 5.97 Å². The minimum atomic E-state index is -1.05. The molecule has 184 valence electrons. The van der Waals surface area contributed by atoms with Crippen LogP contribution in [0.25, 0.3) is 0 Å². The number of nitrogens with zero attached hydrogens (tertiary/aromatic N) is 3. The zero-order valence-corrected chi connectivity index (χ0v) is 19.8. The van der Waals surface area contributed by atoms with E-state index in [0.29, 0.717) is 29.9 Å². The largest absolute Gasteiger partial charge is 0.478 e. The molecule has 2 heterocycles. The van der Waals surface area contributed by atoms with E-state index in [1.807, 2.05) is 30.3 Å². The fraction of sp³-hybridized carbons (Fsp3) is 0.185. The summed E-state index contributed by atoms with van der Waals surface area (Å²) >= 11 is 0. The smallest absolute Gasteiger partial charge is 0.336 e. The van der Waals surface area contributed by atoms with Crippen LogP contribution in [-0.2, 0) is 31.0 Å². The maximum Gasteiger partial charge on any atom is 0.336 e. The van der Waals surface area contributed by atoms with Gasteiger partial charge in [0.05, 0.1) is 30.8 Å². The molecule has 0 bridgehead atoms. The summed E-state index contributed by atoms with van der Waals surface area (Å²) in [4.78, 5) is 36.3. The van der Waals surface area contributed by atoms with Gasteiger partial charge in [-0.3, -0.25) is 14.3 Å². The Morgan fingerprint density at radius 3 is 2.33 bits per heavy atom. The Labute approximate surface area is 207 Å². The lowest BCUT2D eigenvalue weighted by Gasteiger charge is -2.08. The Morgan fingerprint density at radius 1 is 0.944 bits per heavy atom.